The Bertz CT molecular complexity index is 578. The molecule has 0 saturated carbocycles. The highest BCUT2D eigenvalue weighted by molar-refractivity contribution is 5.73. The molecule has 22 heavy (non-hydrogen) atoms. The van der Waals surface area contributed by atoms with E-state index >= 15 is 0 Å². The standard InChI is InChI=1S/C17H22F2N2O/c1-13(22)21-9-7-17(12-21)6-3-8-20(11-17)10-14-4-2-5-15(18)16(14)19/h2,4-5H,3,6-12H2,1H3/t17-/m0/s1. The number of benzene rings is 1. The SMILES string of the molecule is CC(=O)N1CC[C@]2(CCCN(Cc3cccc(F)c3F)C2)C1. The first-order valence-electron chi connectivity index (χ1n) is 7.90. The Kier molecular flexibility index (Phi) is 4.17. The smallest absolute Gasteiger partial charge is 0.219 e. The van der Waals surface area contributed by atoms with Crippen LogP contribution in [0.4, 0.5) is 8.78 Å². The highest BCUT2D eigenvalue weighted by Crippen LogP contribution is 2.39. The van der Waals surface area contributed by atoms with Gasteiger partial charge in [0.2, 0.25) is 5.91 Å². The van der Waals surface area contributed by atoms with Gasteiger partial charge in [-0.3, -0.25) is 9.69 Å². The Morgan fingerprint density at radius 3 is 2.77 bits per heavy atom. The van der Waals surface area contributed by atoms with Gasteiger partial charge in [-0.2, -0.15) is 0 Å². The number of piperidine rings is 1. The predicted octanol–water partition coefficient (Wildman–Crippen LogP) is 2.80. The summed E-state index contributed by atoms with van der Waals surface area (Å²) in [7, 11) is 0. The number of hydrogen-bond acceptors (Lipinski definition) is 2. The van der Waals surface area contributed by atoms with Gasteiger partial charge < -0.3 is 4.90 Å². The largest absolute Gasteiger partial charge is 0.342 e. The van der Waals surface area contributed by atoms with Gasteiger partial charge in [0.15, 0.2) is 11.6 Å². The number of carbonyl (C=O) groups is 1. The third-order valence-electron chi connectivity index (χ3n) is 5.05. The van der Waals surface area contributed by atoms with Crippen LogP contribution < -0.4 is 0 Å². The molecule has 1 aromatic carbocycles. The molecular weight excluding hydrogens is 286 g/mol. The van der Waals surface area contributed by atoms with Gasteiger partial charge in [-0.25, -0.2) is 8.78 Å². The van der Waals surface area contributed by atoms with Crippen molar-refractivity contribution in [2.75, 3.05) is 26.2 Å². The lowest BCUT2D eigenvalue weighted by Gasteiger charge is -2.40. The average Bonchev–Trinajstić information content (AvgIpc) is 2.88. The van der Waals surface area contributed by atoms with Crippen LogP contribution in [0.1, 0.15) is 31.7 Å². The van der Waals surface area contributed by atoms with Gasteiger partial charge in [0, 0.05) is 44.1 Å². The molecule has 3 nitrogen and oxygen atoms in total. The molecule has 0 aliphatic carbocycles. The Morgan fingerprint density at radius 2 is 2.05 bits per heavy atom. The minimum atomic E-state index is -0.784. The number of hydrogen-bond donors (Lipinski definition) is 0. The first kappa shape index (κ1) is 15.4. The van der Waals surface area contributed by atoms with Crippen LogP contribution in [0.2, 0.25) is 0 Å². The molecule has 5 heteroatoms. The molecule has 2 aliphatic heterocycles. The molecule has 2 aliphatic rings. The predicted molar refractivity (Wildman–Crippen MR) is 80.2 cm³/mol. The monoisotopic (exact) mass is 308 g/mol. The second-order valence-corrected chi connectivity index (χ2v) is 6.72. The lowest BCUT2D eigenvalue weighted by atomic mass is 9.79. The van der Waals surface area contributed by atoms with E-state index < -0.39 is 11.6 Å². The summed E-state index contributed by atoms with van der Waals surface area (Å²) in [5.41, 5.74) is 0.548. The van der Waals surface area contributed by atoms with Crippen LogP contribution in [0, 0.1) is 17.0 Å². The molecule has 2 heterocycles. The molecule has 120 valence electrons. The van der Waals surface area contributed by atoms with E-state index in [1.54, 1.807) is 19.1 Å². The minimum absolute atomic E-state index is 0.130. The summed E-state index contributed by atoms with van der Waals surface area (Å²) in [6.45, 7) is 5.42. The Hall–Kier alpha value is -1.49. The van der Waals surface area contributed by atoms with Gasteiger partial charge >= 0.3 is 0 Å². The summed E-state index contributed by atoms with van der Waals surface area (Å²) in [4.78, 5) is 15.7. The van der Waals surface area contributed by atoms with E-state index in [2.05, 4.69) is 4.90 Å². The average molecular weight is 308 g/mol. The number of halogens is 2. The van der Waals surface area contributed by atoms with Crippen molar-refractivity contribution in [3.8, 4) is 0 Å². The van der Waals surface area contributed by atoms with E-state index in [1.165, 1.54) is 0 Å². The number of amides is 1. The number of nitrogens with zero attached hydrogens (tertiary/aromatic N) is 2. The third-order valence-corrected chi connectivity index (χ3v) is 5.05. The van der Waals surface area contributed by atoms with Crippen molar-refractivity contribution in [2.45, 2.75) is 32.7 Å². The van der Waals surface area contributed by atoms with Crippen LogP contribution in [0.5, 0.6) is 0 Å². The van der Waals surface area contributed by atoms with Crippen LogP contribution in [-0.2, 0) is 11.3 Å². The molecule has 0 N–H and O–H groups in total. The summed E-state index contributed by atoms with van der Waals surface area (Å²) >= 11 is 0. The molecule has 3 rings (SSSR count). The zero-order valence-electron chi connectivity index (χ0n) is 12.9. The Balaban J connectivity index is 1.69. The zero-order valence-corrected chi connectivity index (χ0v) is 12.9. The summed E-state index contributed by atoms with van der Waals surface area (Å²) in [5, 5.41) is 0. The van der Waals surface area contributed by atoms with Crippen LogP contribution in [0.25, 0.3) is 0 Å². The zero-order chi connectivity index (χ0) is 15.7. The van der Waals surface area contributed by atoms with E-state index in [0.717, 1.165) is 51.5 Å². The van der Waals surface area contributed by atoms with Gasteiger partial charge in [-0.1, -0.05) is 12.1 Å². The fourth-order valence-electron chi connectivity index (χ4n) is 3.89. The maximum absolute atomic E-state index is 13.8. The fourth-order valence-corrected chi connectivity index (χ4v) is 3.89. The summed E-state index contributed by atoms with van der Waals surface area (Å²) in [5.74, 6) is -1.39. The van der Waals surface area contributed by atoms with Gasteiger partial charge in [0.1, 0.15) is 0 Å². The van der Waals surface area contributed by atoms with Crippen molar-refractivity contribution < 1.29 is 13.6 Å². The molecule has 2 saturated heterocycles. The topological polar surface area (TPSA) is 23.6 Å². The van der Waals surface area contributed by atoms with E-state index in [1.807, 2.05) is 4.90 Å². The maximum Gasteiger partial charge on any atom is 0.219 e. The van der Waals surface area contributed by atoms with Crippen LogP contribution in [0.3, 0.4) is 0 Å². The van der Waals surface area contributed by atoms with Crippen molar-refractivity contribution in [1.29, 1.82) is 0 Å². The second-order valence-electron chi connectivity index (χ2n) is 6.72. The quantitative estimate of drug-likeness (QED) is 0.839. The maximum atomic E-state index is 13.8. The molecule has 1 amide bonds. The fraction of sp³-hybridized carbons (Fsp3) is 0.588. The summed E-state index contributed by atoms with van der Waals surface area (Å²) in [6, 6.07) is 4.36. The molecule has 0 unspecified atom stereocenters. The van der Waals surface area contributed by atoms with Gasteiger partial charge in [-0.15, -0.1) is 0 Å². The van der Waals surface area contributed by atoms with Crippen molar-refractivity contribution in [3.63, 3.8) is 0 Å². The van der Waals surface area contributed by atoms with Gasteiger partial charge in [0.25, 0.3) is 0 Å². The number of carbonyl (C=O) groups excluding carboxylic acids is 1. The molecule has 1 atom stereocenters. The first-order chi connectivity index (χ1) is 10.5. The van der Waals surface area contributed by atoms with E-state index in [0.29, 0.717) is 12.1 Å². The van der Waals surface area contributed by atoms with E-state index in [-0.39, 0.29) is 11.3 Å². The van der Waals surface area contributed by atoms with Crippen LogP contribution in [0.15, 0.2) is 18.2 Å². The normalized spacial score (nSPS) is 25.9. The highest BCUT2D eigenvalue weighted by Gasteiger charge is 2.42. The summed E-state index contributed by atoms with van der Waals surface area (Å²) in [6.07, 6.45) is 3.16. The minimum Gasteiger partial charge on any atom is -0.342 e. The first-order valence-corrected chi connectivity index (χ1v) is 7.90. The van der Waals surface area contributed by atoms with Crippen molar-refractivity contribution >= 4 is 5.91 Å². The van der Waals surface area contributed by atoms with Crippen molar-refractivity contribution in [1.82, 2.24) is 9.80 Å². The molecule has 2 fully saturated rings. The number of rotatable bonds is 2. The molecule has 1 aromatic rings. The molecular formula is C17H22F2N2O. The van der Waals surface area contributed by atoms with Crippen molar-refractivity contribution in [3.05, 3.63) is 35.4 Å². The van der Waals surface area contributed by atoms with Crippen molar-refractivity contribution in [2.24, 2.45) is 5.41 Å². The van der Waals surface area contributed by atoms with Crippen LogP contribution in [-0.4, -0.2) is 41.9 Å². The Labute approximate surface area is 129 Å². The second kappa shape index (κ2) is 5.95. The lowest BCUT2D eigenvalue weighted by molar-refractivity contribution is -0.128. The van der Waals surface area contributed by atoms with Gasteiger partial charge in [0.05, 0.1) is 0 Å². The summed E-state index contributed by atoms with van der Waals surface area (Å²) < 4.78 is 27.2. The molecule has 0 bridgehead atoms. The third kappa shape index (κ3) is 3.00. The lowest BCUT2D eigenvalue weighted by Crippen LogP contribution is -2.44. The van der Waals surface area contributed by atoms with Crippen LogP contribution >= 0.6 is 0 Å². The number of likely N-dealkylation sites (tertiary alicyclic amines) is 2. The highest BCUT2D eigenvalue weighted by atomic mass is 19.2. The van der Waals surface area contributed by atoms with E-state index in [9.17, 15) is 13.6 Å². The molecule has 1 spiro atoms. The van der Waals surface area contributed by atoms with Gasteiger partial charge in [-0.05, 0) is 31.9 Å². The molecule has 0 radical (unpaired) electrons. The van der Waals surface area contributed by atoms with E-state index in [4.69, 9.17) is 0 Å². The molecule has 0 aromatic heterocycles. The Morgan fingerprint density at radius 1 is 1.23 bits per heavy atom.